The summed E-state index contributed by atoms with van der Waals surface area (Å²) in [6.45, 7) is 10.1. The summed E-state index contributed by atoms with van der Waals surface area (Å²) in [6.07, 6.45) is -2.65. The number of ether oxygens (including phenoxy) is 1. The summed E-state index contributed by atoms with van der Waals surface area (Å²) in [5.74, 6) is 1.76. The molecule has 0 amide bonds. The normalized spacial score (nSPS) is 18.5. The summed E-state index contributed by atoms with van der Waals surface area (Å²) in [7, 11) is 1.71. The monoisotopic (exact) mass is 430 g/mol. The lowest BCUT2D eigenvalue weighted by Gasteiger charge is -2.34. The number of anilines is 1. The van der Waals surface area contributed by atoms with Gasteiger partial charge in [-0.25, -0.2) is 4.98 Å². The summed E-state index contributed by atoms with van der Waals surface area (Å²) in [4.78, 5) is 10.4. The molecule has 0 saturated carbocycles. The lowest BCUT2D eigenvalue weighted by atomic mass is 10.2. The zero-order valence-corrected chi connectivity index (χ0v) is 17.9. The maximum absolute atomic E-state index is 12.5. The third kappa shape index (κ3) is 8.74. The Morgan fingerprint density at radius 1 is 1.30 bits per heavy atom. The number of morpholine rings is 1. The minimum Gasteiger partial charge on any atom is -0.374 e. The molecule has 1 aromatic rings. The van der Waals surface area contributed by atoms with Gasteiger partial charge in [-0.05, 0) is 24.5 Å². The lowest BCUT2D eigenvalue weighted by molar-refractivity contribution is -0.137. The van der Waals surface area contributed by atoms with Gasteiger partial charge >= 0.3 is 6.18 Å². The maximum atomic E-state index is 12.5. The second-order valence-electron chi connectivity index (χ2n) is 7.74. The van der Waals surface area contributed by atoms with Gasteiger partial charge in [0.25, 0.3) is 0 Å². The van der Waals surface area contributed by atoms with Gasteiger partial charge in [0.1, 0.15) is 5.82 Å². The van der Waals surface area contributed by atoms with Crippen molar-refractivity contribution in [3.8, 4) is 0 Å². The molecule has 10 heteroatoms. The van der Waals surface area contributed by atoms with E-state index in [0.29, 0.717) is 37.3 Å². The van der Waals surface area contributed by atoms with E-state index in [2.05, 4.69) is 44.7 Å². The van der Waals surface area contributed by atoms with Crippen LogP contribution < -0.4 is 16.0 Å². The summed E-state index contributed by atoms with van der Waals surface area (Å²) >= 11 is 0. The fraction of sp³-hybridized carbons (Fsp3) is 0.700. The van der Waals surface area contributed by atoms with Gasteiger partial charge in [0.2, 0.25) is 0 Å². The molecule has 170 valence electrons. The largest absolute Gasteiger partial charge is 0.417 e. The summed E-state index contributed by atoms with van der Waals surface area (Å²) in [6, 6.07) is 2.36. The summed E-state index contributed by atoms with van der Waals surface area (Å²) < 4.78 is 43.4. The predicted octanol–water partition coefficient (Wildman–Crippen LogP) is 2.42. The number of pyridine rings is 1. The second-order valence-corrected chi connectivity index (χ2v) is 7.74. The third-order valence-electron chi connectivity index (χ3n) is 4.61. The fourth-order valence-electron chi connectivity index (χ4n) is 3.20. The molecule has 1 aromatic heterocycles. The van der Waals surface area contributed by atoms with Crippen molar-refractivity contribution in [2.24, 2.45) is 10.9 Å². The van der Waals surface area contributed by atoms with E-state index in [0.717, 1.165) is 44.9 Å². The SMILES string of the molecule is CN=C(NCCCNc1ccc(C(F)(F)F)cn1)NCC1CN(CC(C)C)CCO1. The van der Waals surface area contributed by atoms with Crippen molar-refractivity contribution in [1.29, 1.82) is 0 Å². The molecule has 2 heterocycles. The van der Waals surface area contributed by atoms with Crippen molar-refractivity contribution < 1.29 is 17.9 Å². The van der Waals surface area contributed by atoms with Crippen LogP contribution in [0.5, 0.6) is 0 Å². The Morgan fingerprint density at radius 2 is 2.10 bits per heavy atom. The number of nitrogens with zero attached hydrogens (tertiary/aromatic N) is 3. The molecule has 2 rings (SSSR count). The summed E-state index contributed by atoms with van der Waals surface area (Å²) in [5.41, 5.74) is -0.751. The highest BCUT2D eigenvalue weighted by Crippen LogP contribution is 2.28. The minimum absolute atomic E-state index is 0.128. The van der Waals surface area contributed by atoms with E-state index in [1.165, 1.54) is 6.07 Å². The molecular formula is C20H33F3N6O. The molecular weight excluding hydrogens is 397 g/mol. The van der Waals surface area contributed by atoms with Crippen molar-refractivity contribution in [2.75, 3.05) is 58.2 Å². The number of rotatable bonds is 9. The first-order valence-corrected chi connectivity index (χ1v) is 10.3. The van der Waals surface area contributed by atoms with Crippen LogP contribution in [0.15, 0.2) is 23.3 Å². The average molecular weight is 431 g/mol. The zero-order chi connectivity index (χ0) is 22.0. The van der Waals surface area contributed by atoms with Crippen molar-refractivity contribution in [3.63, 3.8) is 0 Å². The third-order valence-corrected chi connectivity index (χ3v) is 4.61. The van der Waals surface area contributed by atoms with Crippen LogP contribution in [0.3, 0.4) is 0 Å². The van der Waals surface area contributed by atoms with E-state index >= 15 is 0 Å². The Labute approximate surface area is 176 Å². The van der Waals surface area contributed by atoms with Crippen LogP contribution in [-0.4, -0.2) is 74.9 Å². The number of halogens is 3. The molecule has 3 N–H and O–H groups in total. The Kier molecular flexibility index (Phi) is 9.64. The lowest BCUT2D eigenvalue weighted by Crippen LogP contribution is -2.50. The van der Waals surface area contributed by atoms with Gasteiger partial charge < -0.3 is 20.7 Å². The average Bonchev–Trinajstić information content (AvgIpc) is 2.69. The van der Waals surface area contributed by atoms with Crippen molar-refractivity contribution >= 4 is 11.8 Å². The predicted molar refractivity (Wildman–Crippen MR) is 113 cm³/mol. The zero-order valence-electron chi connectivity index (χ0n) is 17.9. The molecule has 1 aliphatic heterocycles. The molecule has 1 aliphatic rings. The van der Waals surface area contributed by atoms with E-state index in [4.69, 9.17) is 4.74 Å². The molecule has 7 nitrogen and oxygen atoms in total. The van der Waals surface area contributed by atoms with E-state index in [-0.39, 0.29) is 6.10 Å². The molecule has 1 atom stereocenters. The minimum atomic E-state index is -4.37. The van der Waals surface area contributed by atoms with Gasteiger partial charge in [-0.1, -0.05) is 13.8 Å². The highest BCUT2D eigenvalue weighted by atomic mass is 19.4. The molecule has 1 unspecified atom stereocenters. The number of guanidine groups is 1. The van der Waals surface area contributed by atoms with Crippen LogP contribution in [0.2, 0.25) is 0 Å². The molecule has 0 spiro atoms. The van der Waals surface area contributed by atoms with Gasteiger partial charge in [-0.2, -0.15) is 13.2 Å². The second kappa shape index (κ2) is 11.9. The van der Waals surface area contributed by atoms with Gasteiger partial charge in [0.15, 0.2) is 5.96 Å². The number of alkyl halides is 3. The fourth-order valence-corrected chi connectivity index (χ4v) is 3.20. The van der Waals surface area contributed by atoms with Crippen LogP contribution in [0.4, 0.5) is 19.0 Å². The van der Waals surface area contributed by atoms with Crippen LogP contribution in [0.25, 0.3) is 0 Å². The number of aromatic nitrogens is 1. The topological polar surface area (TPSA) is 73.8 Å². The van der Waals surface area contributed by atoms with Gasteiger partial charge in [-0.15, -0.1) is 0 Å². The molecule has 1 saturated heterocycles. The van der Waals surface area contributed by atoms with Crippen LogP contribution in [0.1, 0.15) is 25.8 Å². The molecule has 0 bridgehead atoms. The first-order valence-electron chi connectivity index (χ1n) is 10.3. The first kappa shape index (κ1) is 24.2. The molecule has 0 aliphatic carbocycles. The van der Waals surface area contributed by atoms with E-state index in [1.807, 2.05) is 0 Å². The van der Waals surface area contributed by atoms with Crippen LogP contribution in [0, 0.1) is 5.92 Å². The number of aliphatic imine (C=N–C) groups is 1. The Balaban J connectivity index is 1.61. The highest BCUT2D eigenvalue weighted by Gasteiger charge is 2.30. The highest BCUT2D eigenvalue weighted by molar-refractivity contribution is 5.79. The van der Waals surface area contributed by atoms with Crippen molar-refractivity contribution in [1.82, 2.24) is 20.5 Å². The van der Waals surface area contributed by atoms with Crippen molar-refractivity contribution in [3.05, 3.63) is 23.9 Å². The standard InChI is InChI=1S/C20H33F3N6O/c1-15(2)13-29-9-10-30-17(14-29)12-28-19(24-3)26-8-4-7-25-18-6-5-16(11-27-18)20(21,22)23/h5-6,11,15,17H,4,7-10,12-14H2,1-3H3,(H,25,27)(H2,24,26,28). The van der Waals surface area contributed by atoms with Crippen LogP contribution in [-0.2, 0) is 10.9 Å². The quantitative estimate of drug-likeness (QED) is 0.318. The van der Waals surface area contributed by atoms with Gasteiger partial charge in [0.05, 0.1) is 18.3 Å². The molecule has 0 aromatic carbocycles. The first-order chi connectivity index (χ1) is 14.3. The Morgan fingerprint density at radius 3 is 2.73 bits per heavy atom. The van der Waals surface area contributed by atoms with Crippen LogP contribution >= 0.6 is 0 Å². The number of nitrogens with one attached hydrogen (secondary N) is 3. The van der Waals surface area contributed by atoms with Crippen molar-refractivity contribution in [2.45, 2.75) is 32.5 Å². The number of hydrogen-bond acceptors (Lipinski definition) is 5. The van der Waals surface area contributed by atoms with E-state index in [1.54, 1.807) is 7.05 Å². The summed E-state index contributed by atoms with van der Waals surface area (Å²) in [5, 5.41) is 9.53. The van der Waals surface area contributed by atoms with E-state index in [9.17, 15) is 13.2 Å². The van der Waals surface area contributed by atoms with E-state index < -0.39 is 11.7 Å². The Hall–Kier alpha value is -2.07. The molecule has 1 fully saturated rings. The van der Waals surface area contributed by atoms with Gasteiger partial charge in [-0.3, -0.25) is 9.89 Å². The smallest absolute Gasteiger partial charge is 0.374 e. The Bertz CT molecular complexity index is 651. The van der Waals surface area contributed by atoms with Gasteiger partial charge in [0, 0.05) is 52.5 Å². The maximum Gasteiger partial charge on any atom is 0.417 e. The number of hydrogen-bond donors (Lipinski definition) is 3. The molecule has 30 heavy (non-hydrogen) atoms. The molecule has 0 radical (unpaired) electrons.